The first-order valence-corrected chi connectivity index (χ1v) is 8.76. The van der Waals surface area contributed by atoms with Gasteiger partial charge in [-0.2, -0.15) is 0 Å². The Bertz CT molecular complexity index is 781. The summed E-state index contributed by atoms with van der Waals surface area (Å²) in [6.45, 7) is 9.76. The number of hydrogen-bond donors (Lipinski definition) is 2. The van der Waals surface area contributed by atoms with Gasteiger partial charge in [0.1, 0.15) is 0 Å². The summed E-state index contributed by atoms with van der Waals surface area (Å²) >= 11 is 1.18. The van der Waals surface area contributed by atoms with Gasteiger partial charge in [-0.3, -0.25) is 10.1 Å². The van der Waals surface area contributed by atoms with E-state index in [0.717, 1.165) is 11.1 Å². The number of tetrazole rings is 1. The lowest BCUT2D eigenvalue weighted by molar-refractivity contribution is -0.117. The molecule has 134 valence electrons. The molecule has 0 aliphatic heterocycles. The molecule has 0 aliphatic carbocycles. The van der Waals surface area contributed by atoms with Gasteiger partial charge in [-0.1, -0.05) is 23.9 Å². The van der Waals surface area contributed by atoms with Gasteiger partial charge in [0.05, 0.1) is 11.3 Å². The fraction of sp³-hybridized carbons (Fsp3) is 0.438. The van der Waals surface area contributed by atoms with E-state index in [1.807, 2.05) is 46.8 Å². The molecule has 0 atom stereocenters. The van der Waals surface area contributed by atoms with Crippen LogP contribution >= 0.6 is 11.8 Å². The van der Waals surface area contributed by atoms with E-state index in [-0.39, 0.29) is 11.3 Å². The van der Waals surface area contributed by atoms with Crippen molar-refractivity contribution >= 4 is 29.4 Å². The summed E-state index contributed by atoms with van der Waals surface area (Å²) in [6.07, 6.45) is 0. The highest BCUT2D eigenvalue weighted by Gasteiger charge is 2.21. The Morgan fingerprint density at radius 3 is 2.64 bits per heavy atom. The molecular weight excluding hydrogens is 340 g/mol. The zero-order valence-electron chi connectivity index (χ0n) is 15.0. The third-order valence-corrected chi connectivity index (χ3v) is 4.43. The molecule has 2 N–H and O–H groups in total. The Morgan fingerprint density at radius 2 is 1.96 bits per heavy atom. The molecule has 25 heavy (non-hydrogen) atoms. The minimum Gasteiger partial charge on any atom is -0.307 e. The number of carbonyl (C=O) groups is 2. The van der Waals surface area contributed by atoms with Crippen molar-refractivity contribution in [2.45, 2.75) is 45.3 Å². The summed E-state index contributed by atoms with van der Waals surface area (Å²) in [5.74, 6) is -0.382. The van der Waals surface area contributed by atoms with Crippen molar-refractivity contribution in [1.82, 2.24) is 25.5 Å². The lowest BCUT2D eigenvalue weighted by atomic mass is 10.1. The molecule has 0 fully saturated rings. The number of carbonyl (C=O) groups excluding carboxylic acids is 2. The average Bonchev–Trinajstić information content (AvgIpc) is 2.98. The number of imide groups is 1. The van der Waals surface area contributed by atoms with Gasteiger partial charge in [0.25, 0.3) is 0 Å². The Labute approximate surface area is 150 Å². The molecule has 0 aliphatic rings. The Hall–Kier alpha value is -2.42. The van der Waals surface area contributed by atoms with Crippen LogP contribution in [0.1, 0.15) is 31.9 Å². The molecule has 0 spiro atoms. The van der Waals surface area contributed by atoms with Gasteiger partial charge in [0.15, 0.2) is 0 Å². The summed E-state index contributed by atoms with van der Waals surface area (Å²) in [5, 5.41) is 17.0. The van der Waals surface area contributed by atoms with Crippen molar-refractivity contribution in [3.63, 3.8) is 0 Å². The molecule has 0 radical (unpaired) electrons. The van der Waals surface area contributed by atoms with Crippen molar-refractivity contribution in [3.8, 4) is 0 Å². The SMILES string of the molecule is Cc1cccc(NC(=O)NC(=O)CSc2nnnn2C(C)(C)C)c1C. The second kappa shape index (κ2) is 7.64. The predicted molar refractivity (Wildman–Crippen MR) is 96.6 cm³/mol. The smallest absolute Gasteiger partial charge is 0.307 e. The number of aryl methyl sites for hydroxylation is 1. The first-order chi connectivity index (χ1) is 11.7. The van der Waals surface area contributed by atoms with Crippen LogP contribution in [0.4, 0.5) is 10.5 Å². The van der Waals surface area contributed by atoms with Crippen molar-refractivity contribution in [3.05, 3.63) is 29.3 Å². The van der Waals surface area contributed by atoms with Crippen molar-refractivity contribution in [2.24, 2.45) is 0 Å². The number of hydrogen-bond acceptors (Lipinski definition) is 6. The quantitative estimate of drug-likeness (QED) is 0.810. The highest BCUT2D eigenvalue weighted by atomic mass is 32.2. The van der Waals surface area contributed by atoms with Crippen molar-refractivity contribution < 1.29 is 9.59 Å². The number of thioether (sulfide) groups is 1. The van der Waals surface area contributed by atoms with Crippen LogP contribution in [0.3, 0.4) is 0 Å². The number of benzene rings is 1. The van der Waals surface area contributed by atoms with Crippen LogP contribution in [0, 0.1) is 13.8 Å². The number of rotatable bonds is 4. The molecule has 0 bridgehead atoms. The zero-order chi connectivity index (χ0) is 18.6. The Kier molecular flexibility index (Phi) is 5.78. The molecule has 0 unspecified atom stereocenters. The summed E-state index contributed by atoms with van der Waals surface area (Å²) in [6, 6.07) is 5.04. The van der Waals surface area contributed by atoms with Gasteiger partial charge in [0.2, 0.25) is 11.1 Å². The summed E-state index contributed by atoms with van der Waals surface area (Å²) in [5.41, 5.74) is 2.41. The molecule has 1 aromatic carbocycles. The Balaban J connectivity index is 1.89. The third kappa shape index (κ3) is 5.02. The normalized spacial score (nSPS) is 11.2. The fourth-order valence-electron chi connectivity index (χ4n) is 2.02. The van der Waals surface area contributed by atoms with Gasteiger partial charge in [0, 0.05) is 5.69 Å². The van der Waals surface area contributed by atoms with Crippen LogP contribution in [0.25, 0.3) is 0 Å². The molecule has 2 rings (SSSR count). The van der Waals surface area contributed by atoms with E-state index < -0.39 is 11.9 Å². The van der Waals surface area contributed by atoms with E-state index in [9.17, 15) is 9.59 Å². The van der Waals surface area contributed by atoms with E-state index in [4.69, 9.17) is 0 Å². The van der Waals surface area contributed by atoms with Crippen molar-refractivity contribution in [2.75, 3.05) is 11.1 Å². The van der Waals surface area contributed by atoms with E-state index in [1.165, 1.54) is 11.8 Å². The number of nitrogens with zero attached hydrogens (tertiary/aromatic N) is 4. The second-order valence-corrected chi connectivity index (χ2v) is 7.53. The standard InChI is InChI=1S/C16H22N6O2S/c1-10-7-6-8-12(11(10)2)17-14(24)18-13(23)9-25-15-19-20-21-22(15)16(3,4)5/h6-8H,9H2,1-5H3,(H2,17,18,23,24). The minimum absolute atomic E-state index is 0.0384. The van der Waals surface area contributed by atoms with Crippen LogP contribution in [-0.2, 0) is 10.3 Å². The van der Waals surface area contributed by atoms with Crippen LogP contribution in [0.15, 0.2) is 23.4 Å². The zero-order valence-corrected chi connectivity index (χ0v) is 15.8. The van der Waals surface area contributed by atoms with E-state index in [0.29, 0.717) is 10.8 Å². The maximum atomic E-state index is 12.0. The largest absolute Gasteiger partial charge is 0.325 e. The number of aromatic nitrogens is 4. The van der Waals surface area contributed by atoms with E-state index in [2.05, 4.69) is 26.2 Å². The fourth-order valence-corrected chi connectivity index (χ4v) is 2.88. The molecule has 2 aromatic rings. The van der Waals surface area contributed by atoms with Gasteiger partial charge in [-0.25, -0.2) is 9.48 Å². The predicted octanol–water partition coefficient (Wildman–Crippen LogP) is 2.49. The van der Waals surface area contributed by atoms with Crippen LogP contribution in [0.5, 0.6) is 0 Å². The number of amides is 3. The van der Waals surface area contributed by atoms with Gasteiger partial charge < -0.3 is 5.32 Å². The maximum Gasteiger partial charge on any atom is 0.325 e. The van der Waals surface area contributed by atoms with Gasteiger partial charge in [-0.15, -0.1) is 5.10 Å². The molecule has 0 saturated heterocycles. The number of urea groups is 1. The lowest BCUT2D eigenvalue weighted by Crippen LogP contribution is -2.35. The highest BCUT2D eigenvalue weighted by molar-refractivity contribution is 7.99. The molecule has 8 nitrogen and oxygen atoms in total. The van der Waals surface area contributed by atoms with Crippen LogP contribution in [0.2, 0.25) is 0 Å². The van der Waals surface area contributed by atoms with E-state index in [1.54, 1.807) is 10.7 Å². The minimum atomic E-state index is -0.560. The van der Waals surface area contributed by atoms with Crippen molar-refractivity contribution in [1.29, 1.82) is 0 Å². The van der Waals surface area contributed by atoms with Gasteiger partial charge >= 0.3 is 6.03 Å². The molecular formula is C16H22N6O2S. The van der Waals surface area contributed by atoms with Crippen LogP contribution < -0.4 is 10.6 Å². The number of nitrogens with one attached hydrogen (secondary N) is 2. The van der Waals surface area contributed by atoms with Gasteiger partial charge in [-0.05, 0) is 62.2 Å². The first-order valence-electron chi connectivity index (χ1n) is 7.77. The summed E-state index contributed by atoms with van der Waals surface area (Å²) < 4.78 is 1.64. The molecule has 1 aromatic heterocycles. The first kappa shape index (κ1) is 18.9. The summed E-state index contributed by atoms with van der Waals surface area (Å²) in [7, 11) is 0. The molecule has 9 heteroatoms. The lowest BCUT2D eigenvalue weighted by Gasteiger charge is -2.19. The maximum absolute atomic E-state index is 12.0. The third-order valence-electron chi connectivity index (χ3n) is 3.51. The monoisotopic (exact) mass is 362 g/mol. The molecule has 0 saturated carbocycles. The average molecular weight is 362 g/mol. The Morgan fingerprint density at radius 1 is 1.24 bits per heavy atom. The second-order valence-electron chi connectivity index (χ2n) is 6.58. The van der Waals surface area contributed by atoms with Crippen LogP contribution in [-0.4, -0.2) is 37.9 Å². The highest BCUT2D eigenvalue weighted by Crippen LogP contribution is 2.21. The topological polar surface area (TPSA) is 102 Å². The number of anilines is 1. The molecule has 1 heterocycles. The van der Waals surface area contributed by atoms with E-state index >= 15 is 0 Å². The summed E-state index contributed by atoms with van der Waals surface area (Å²) in [4.78, 5) is 24.0. The molecule has 3 amide bonds.